The van der Waals surface area contributed by atoms with Gasteiger partial charge in [0.15, 0.2) is 0 Å². The number of hydrogen-bond donors (Lipinski definition) is 0. The van der Waals surface area contributed by atoms with Crippen molar-refractivity contribution in [3.05, 3.63) is 71.8 Å². The highest BCUT2D eigenvalue weighted by Crippen LogP contribution is 2.32. The van der Waals surface area contributed by atoms with Crippen molar-refractivity contribution < 1.29 is 0 Å². The third kappa shape index (κ3) is 4.08. The number of hydrogen-bond acceptors (Lipinski definition) is 1. The van der Waals surface area contributed by atoms with Crippen LogP contribution in [0.5, 0.6) is 0 Å². The second-order valence-corrected chi connectivity index (χ2v) is 6.06. The molecule has 0 spiro atoms. The van der Waals surface area contributed by atoms with Crippen LogP contribution in [0, 0.1) is 0 Å². The first-order chi connectivity index (χ1) is 10.6. The molecule has 0 heterocycles. The lowest BCUT2D eigenvalue weighted by molar-refractivity contribution is 0.319. The monoisotopic (exact) mass is 293 g/mol. The van der Waals surface area contributed by atoms with Gasteiger partial charge in [-0.25, -0.2) is 0 Å². The highest BCUT2D eigenvalue weighted by molar-refractivity contribution is 5.90. The Kier molecular flexibility index (Phi) is 5.97. The standard InChI is InChI=1S/C21H27N/c1-5-20(18-12-8-6-9-13-18)21(16-17(2)22(3)4)19-14-10-7-11-15-19/h6-15,17H,5,16H2,1-4H3/b21-20-/t17-/m1/s1. The van der Waals surface area contributed by atoms with E-state index in [1.807, 2.05) is 0 Å². The smallest absolute Gasteiger partial charge is 0.0102 e. The van der Waals surface area contributed by atoms with Gasteiger partial charge in [-0.05, 0) is 56.1 Å². The van der Waals surface area contributed by atoms with E-state index in [0.717, 1.165) is 12.8 Å². The Morgan fingerprint density at radius 1 is 0.818 bits per heavy atom. The van der Waals surface area contributed by atoms with Crippen LogP contribution in [0.3, 0.4) is 0 Å². The van der Waals surface area contributed by atoms with Crippen molar-refractivity contribution in [2.75, 3.05) is 14.1 Å². The molecule has 1 nitrogen and oxygen atoms in total. The summed E-state index contributed by atoms with van der Waals surface area (Å²) in [6, 6.07) is 22.1. The third-order valence-corrected chi connectivity index (χ3v) is 4.34. The molecule has 2 rings (SSSR count). The quantitative estimate of drug-likeness (QED) is 0.649. The Morgan fingerprint density at radius 2 is 1.27 bits per heavy atom. The van der Waals surface area contributed by atoms with Gasteiger partial charge in [0.05, 0.1) is 0 Å². The molecule has 2 aromatic rings. The topological polar surface area (TPSA) is 3.24 Å². The summed E-state index contributed by atoms with van der Waals surface area (Å²) in [5.41, 5.74) is 5.61. The van der Waals surface area contributed by atoms with Crippen LogP contribution in [-0.4, -0.2) is 25.0 Å². The molecule has 0 N–H and O–H groups in total. The van der Waals surface area contributed by atoms with Crippen molar-refractivity contribution in [1.29, 1.82) is 0 Å². The highest BCUT2D eigenvalue weighted by atomic mass is 15.1. The molecular weight excluding hydrogens is 266 g/mol. The number of benzene rings is 2. The van der Waals surface area contributed by atoms with E-state index in [2.05, 4.69) is 93.5 Å². The van der Waals surface area contributed by atoms with Gasteiger partial charge in [-0.1, -0.05) is 67.6 Å². The second kappa shape index (κ2) is 7.95. The van der Waals surface area contributed by atoms with Crippen LogP contribution < -0.4 is 0 Å². The summed E-state index contributed by atoms with van der Waals surface area (Å²) in [7, 11) is 4.31. The first kappa shape index (κ1) is 16.5. The van der Waals surface area contributed by atoms with E-state index in [-0.39, 0.29) is 0 Å². The molecule has 0 saturated heterocycles. The maximum Gasteiger partial charge on any atom is 0.0102 e. The molecule has 116 valence electrons. The van der Waals surface area contributed by atoms with Gasteiger partial charge < -0.3 is 4.90 Å². The van der Waals surface area contributed by atoms with Crippen LogP contribution in [0.15, 0.2) is 60.7 Å². The van der Waals surface area contributed by atoms with E-state index in [0.29, 0.717) is 6.04 Å². The minimum atomic E-state index is 0.514. The van der Waals surface area contributed by atoms with Crippen LogP contribution in [-0.2, 0) is 0 Å². The van der Waals surface area contributed by atoms with Crippen LogP contribution >= 0.6 is 0 Å². The van der Waals surface area contributed by atoms with E-state index in [1.54, 1.807) is 0 Å². The Balaban J connectivity index is 2.52. The van der Waals surface area contributed by atoms with E-state index in [1.165, 1.54) is 22.3 Å². The first-order valence-corrected chi connectivity index (χ1v) is 8.12. The van der Waals surface area contributed by atoms with Gasteiger partial charge >= 0.3 is 0 Å². The zero-order chi connectivity index (χ0) is 15.9. The Bertz CT molecular complexity index is 596. The number of allylic oxidation sites excluding steroid dienone is 1. The largest absolute Gasteiger partial charge is 0.306 e. The molecule has 0 radical (unpaired) electrons. The number of rotatable bonds is 6. The molecule has 0 aliphatic rings. The minimum absolute atomic E-state index is 0.514. The van der Waals surface area contributed by atoms with Gasteiger partial charge in [-0.15, -0.1) is 0 Å². The summed E-state index contributed by atoms with van der Waals surface area (Å²) in [6.45, 7) is 4.55. The molecule has 1 atom stereocenters. The van der Waals surface area contributed by atoms with Crippen molar-refractivity contribution in [1.82, 2.24) is 4.90 Å². The van der Waals surface area contributed by atoms with Gasteiger partial charge in [-0.3, -0.25) is 0 Å². The maximum atomic E-state index is 2.29. The average molecular weight is 293 g/mol. The lowest BCUT2D eigenvalue weighted by atomic mass is 9.89. The molecule has 0 saturated carbocycles. The Morgan fingerprint density at radius 3 is 1.68 bits per heavy atom. The van der Waals surface area contributed by atoms with Crippen LogP contribution in [0.2, 0.25) is 0 Å². The van der Waals surface area contributed by atoms with Crippen molar-refractivity contribution in [3.63, 3.8) is 0 Å². The number of nitrogens with zero attached hydrogens (tertiary/aromatic N) is 1. The highest BCUT2D eigenvalue weighted by Gasteiger charge is 2.14. The van der Waals surface area contributed by atoms with E-state index < -0.39 is 0 Å². The second-order valence-electron chi connectivity index (χ2n) is 6.06. The lowest BCUT2D eigenvalue weighted by Crippen LogP contribution is -2.25. The van der Waals surface area contributed by atoms with Crippen molar-refractivity contribution in [3.8, 4) is 0 Å². The van der Waals surface area contributed by atoms with Gasteiger partial charge in [0, 0.05) is 6.04 Å². The Hall–Kier alpha value is -1.86. The summed E-state index contributed by atoms with van der Waals surface area (Å²) in [5, 5.41) is 0. The molecule has 0 bridgehead atoms. The molecule has 0 amide bonds. The first-order valence-electron chi connectivity index (χ1n) is 8.12. The van der Waals surface area contributed by atoms with Gasteiger partial charge in [0.2, 0.25) is 0 Å². The van der Waals surface area contributed by atoms with E-state index >= 15 is 0 Å². The fourth-order valence-corrected chi connectivity index (χ4v) is 2.76. The van der Waals surface area contributed by atoms with Crippen molar-refractivity contribution in [2.45, 2.75) is 32.7 Å². The normalized spacial score (nSPS) is 13.9. The zero-order valence-corrected chi connectivity index (χ0v) is 14.2. The summed E-state index contributed by atoms with van der Waals surface area (Å²) in [6.07, 6.45) is 2.11. The predicted molar refractivity (Wildman–Crippen MR) is 97.8 cm³/mol. The molecular formula is C21H27N. The Labute approximate surface area is 135 Å². The molecule has 0 aliphatic heterocycles. The summed E-state index contributed by atoms with van der Waals surface area (Å²) < 4.78 is 0. The fourth-order valence-electron chi connectivity index (χ4n) is 2.76. The molecule has 2 aromatic carbocycles. The van der Waals surface area contributed by atoms with Crippen LogP contribution in [0.1, 0.15) is 37.8 Å². The molecule has 1 heteroatoms. The van der Waals surface area contributed by atoms with E-state index in [4.69, 9.17) is 0 Å². The van der Waals surface area contributed by atoms with Gasteiger partial charge in [0.25, 0.3) is 0 Å². The summed E-state index contributed by atoms with van der Waals surface area (Å²) in [5.74, 6) is 0. The summed E-state index contributed by atoms with van der Waals surface area (Å²) in [4.78, 5) is 2.29. The van der Waals surface area contributed by atoms with Crippen molar-refractivity contribution in [2.24, 2.45) is 0 Å². The van der Waals surface area contributed by atoms with E-state index in [9.17, 15) is 0 Å². The van der Waals surface area contributed by atoms with Gasteiger partial charge in [-0.2, -0.15) is 0 Å². The molecule has 0 aliphatic carbocycles. The minimum Gasteiger partial charge on any atom is -0.306 e. The van der Waals surface area contributed by atoms with Gasteiger partial charge in [0.1, 0.15) is 0 Å². The molecule has 0 aromatic heterocycles. The average Bonchev–Trinajstić information content (AvgIpc) is 2.56. The summed E-state index contributed by atoms with van der Waals surface area (Å²) >= 11 is 0. The maximum absolute atomic E-state index is 2.29. The molecule has 0 fully saturated rings. The van der Waals surface area contributed by atoms with Crippen LogP contribution in [0.4, 0.5) is 0 Å². The van der Waals surface area contributed by atoms with Crippen molar-refractivity contribution >= 4 is 11.1 Å². The lowest BCUT2D eigenvalue weighted by Gasteiger charge is -2.24. The SMILES string of the molecule is CC/C(=C(\C[C@@H](C)N(C)C)c1ccccc1)c1ccccc1. The third-order valence-electron chi connectivity index (χ3n) is 4.34. The van der Waals surface area contributed by atoms with Crippen LogP contribution in [0.25, 0.3) is 11.1 Å². The zero-order valence-electron chi connectivity index (χ0n) is 14.2. The fraction of sp³-hybridized carbons (Fsp3) is 0.333. The molecule has 0 unspecified atom stereocenters. The predicted octanol–water partition coefficient (Wildman–Crippen LogP) is 5.35. The molecule has 22 heavy (non-hydrogen) atoms.